The fourth-order valence-corrected chi connectivity index (χ4v) is 3.79. The number of rotatable bonds is 4. The van der Waals surface area contributed by atoms with Crippen LogP contribution < -0.4 is 0 Å². The third-order valence-corrected chi connectivity index (χ3v) is 5.27. The van der Waals surface area contributed by atoms with Gasteiger partial charge in [-0.05, 0) is 60.2 Å². The molecular formula is C17H23N5OS. The van der Waals surface area contributed by atoms with Crippen molar-refractivity contribution in [3.8, 4) is 5.69 Å². The SMILES string of the molecule is Cc1ccc(C)c(-n2nnnc2SCC(=O)N2CCC[C@@H](C)C2)c1. The summed E-state index contributed by atoms with van der Waals surface area (Å²) in [6, 6.07) is 6.18. The molecule has 0 saturated carbocycles. The number of nitrogens with zero attached hydrogens (tertiary/aromatic N) is 5. The fraction of sp³-hybridized carbons (Fsp3) is 0.529. The van der Waals surface area contributed by atoms with E-state index in [1.807, 2.05) is 18.7 Å². The molecule has 1 aromatic carbocycles. The Morgan fingerprint density at radius 2 is 2.21 bits per heavy atom. The van der Waals surface area contributed by atoms with E-state index < -0.39 is 0 Å². The minimum Gasteiger partial charge on any atom is -0.342 e. The Morgan fingerprint density at radius 1 is 1.38 bits per heavy atom. The van der Waals surface area contributed by atoms with Crippen LogP contribution in [-0.2, 0) is 4.79 Å². The lowest BCUT2D eigenvalue weighted by Crippen LogP contribution is -2.40. The lowest BCUT2D eigenvalue weighted by molar-refractivity contribution is -0.130. The fourth-order valence-electron chi connectivity index (χ4n) is 3.00. The second-order valence-electron chi connectivity index (χ2n) is 6.54. The average molecular weight is 345 g/mol. The molecule has 7 heteroatoms. The second kappa shape index (κ2) is 7.34. The molecular weight excluding hydrogens is 322 g/mol. The molecule has 0 radical (unpaired) electrons. The van der Waals surface area contributed by atoms with Gasteiger partial charge < -0.3 is 4.90 Å². The first-order valence-electron chi connectivity index (χ1n) is 8.31. The topological polar surface area (TPSA) is 63.9 Å². The molecule has 6 nitrogen and oxygen atoms in total. The lowest BCUT2D eigenvalue weighted by Gasteiger charge is -2.30. The third kappa shape index (κ3) is 3.77. The molecule has 1 aliphatic heterocycles. The molecule has 0 N–H and O–H groups in total. The summed E-state index contributed by atoms with van der Waals surface area (Å²) in [4.78, 5) is 14.4. The number of tetrazole rings is 1. The number of piperidine rings is 1. The molecule has 3 rings (SSSR count). The molecule has 0 spiro atoms. The summed E-state index contributed by atoms with van der Waals surface area (Å²) in [5.74, 6) is 1.13. The van der Waals surface area contributed by atoms with Crippen LogP contribution in [0.1, 0.15) is 30.9 Å². The van der Waals surface area contributed by atoms with Gasteiger partial charge in [0.2, 0.25) is 11.1 Å². The number of hydrogen-bond acceptors (Lipinski definition) is 5. The number of likely N-dealkylation sites (tertiary alicyclic amines) is 1. The van der Waals surface area contributed by atoms with Crippen molar-refractivity contribution >= 4 is 17.7 Å². The van der Waals surface area contributed by atoms with Gasteiger partial charge in [0.15, 0.2) is 0 Å². The third-order valence-electron chi connectivity index (χ3n) is 4.37. The van der Waals surface area contributed by atoms with E-state index in [9.17, 15) is 4.79 Å². The molecule has 1 aromatic heterocycles. The summed E-state index contributed by atoms with van der Waals surface area (Å²) >= 11 is 1.40. The maximum absolute atomic E-state index is 12.4. The van der Waals surface area contributed by atoms with Gasteiger partial charge in [0.25, 0.3) is 0 Å². The predicted molar refractivity (Wildman–Crippen MR) is 94.3 cm³/mol. The molecule has 1 fully saturated rings. The molecule has 0 aliphatic carbocycles. The highest BCUT2D eigenvalue weighted by molar-refractivity contribution is 7.99. The van der Waals surface area contributed by atoms with Crippen molar-refractivity contribution in [3.05, 3.63) is 29.3 Å². The number of carbonyl (C=O) groups excluding carboxylic acids is 1. The van der Waals surface area contributed by atoms with Gasteiger partial charge in [0, 0.05) is 13.1 Å². The zero-order valence-corrected chi connectivity index (χ0v) is 15.2. The summed E-state index contributed by atoms with van der Waals surface area (Å²) in [7, 11) is 0. The van der Waals surface area contributed by atoms with Crippen LogP contribution in [0.3, 0.4) is 0 Å². The van der Waals surface area contributed by atoms with Gasteiger partial charge in [0.05, 0.1) is 11.4 Å². The van der Waals surface area contributed by atoms with Gasteiger partial charge in [-0.15, -0.1) is 5.10 Å². The zero-order valence-electron chi connectivity index (χ0n) is 14.4. The van der Waals surface area contributed by atoms with E-state index in [0.717, 1.165) is 36.3 Å². The molecule has 1 atom stereocenters. The smallest absolute Gasteiger partial charge is 0.233 e. The van der Waals surface area contributed by atoms with E-state index in [4.69, 9.17) is 0 Å². The van der Waals surface area contributed by atoms with Gasteiger partial charge >= 0.3 is 0 Å². The molecule has 2 aromatic rings. The van der Waals surface area contributed by atoms with Crippen LogP contribution in [0.15, 0.2) is 23.4 Å². The molecule has 1 amide bonds. The first-order valence-corrected chi connectivity index (χ1v) is 9.29. The summed E-state index contributed by atoms with van der Waals surface area (Å²) in [6.45, 7) is 8.01. The molecule has 2 heterocycles. The number of aromatic nitrogens is 4. The summed E-state index contributed by atoms with van der Waals surface area (Å²) < 4.78 is 1.72. The predicted octanol–water partition coefficient (Wildman–Crippen LogP) is 2.63. The van der Waals surface area contributed by atoms with Crippen LogP contribution in [0.25, 0.3) is 5.69 Å². The van der Waals surface area contributed by atoms with Gasteiger partial charge in [-0.25, -0.2) is 0 Å². The molecule has 1 aliphatic rings. The monoisotopic (exact) mass is 345 g/mol. The summed E-state index contributed by atoms with van der Waals surface area (Å²) in [5, 5.41) is 12.6. The number of thioether (sulfide) groups is 1. The van der Waals surface area contributed by atoms with E-state index >= 15 is 0 Å². The average Bonchev–Trinajstić information content (AvgIpc) is 3.03. The van der Waals surface area contributed by atoms with Crippen LogP contribution in [-0.4, -0.2) is 49.9 Å². The number of aryl methyl sites for hydroxylation is 2. The number of carbonyl (C=O) groups is 1. The second-order valence-corrected chi connectivity index (χ2v) is 7.48. The number of hydrogen-bond donors (Lipinski definition) is 0. The largest absolute Gasteiger partial charge is 0.342 e. The minimum absolute atomic E-state index is 0.169. The first-order chi connectivity index (χ1) is 11.5. The van der Waals surface area contributed by atoms with Gasteiger partial charge in [-0.3, -0.25) is 4.79 Å². The van der Waals surface area contributed by atoms with Crippen molar-refractivity contribution in [1.29, 1.82) is 0 Å². The molecule has 24 heavy (non-hydrogen) atoms. The molecule has 1 saturated heterocycles. The quantitative estimate of drug-likeness (QED) is 0.797. The Bertz CT molecular complexity index is 730. The summed E-state index contributed by atoms with van der Waals surface area (Å²) in [5.41, 5.74) is 3.22. The van der Waals surface area contributed by atoms with E-state index in [0.29, 0.717) is 16.8 Å². The normalized spacial score (nSPS) is 18.0. The van der Waals surface area contributed by atoms with Crippen LogP contribution in [0.2, 0.25) is 0 Å². The number of benzene rings is 1. The minimum atomic E-state index is 0.169. The van der Waals surface area contributed by atoms with E-state index in [-0.39, 0.29) is 5.91 Å². The summed E-state index contributed by atoms with van der Waals surface area (Å²) in [6.07, 6.45) is 2.31. The Morgan fingerprint density at radius 3 is 3.00 bits per heavy atom. The molecule has 0 bridgehead atoms. The van der Waals surface area contributed by atoms with Crippen molar-refractivity contribution in [3.63, 3.8) is 0 Å². The Balaban J connectivity index is 1.70. The van der Waals surface area contributed by atoms with Crippen LogP contribution in [0, 0.1) is 19.8 Å². The van der Waals surface area contributed by atoms with Crippen molar-refractivity contribution < 1.29 is 4.79 Å². The molecule has 0 unspecified atom stereocenters. The van der Waals surface area contributed by atoms with Crippen molar-refractivity contribution in [1.82, 2.24) is 25.1 Å². The maximum Gasteiger partial charge on any atom is 0.233 e. The highest BCUT2D eigenvalue weighted by atomic mass is 32.2. The standard InChI is InChI=1S/C17H23N5OS/c1-12-6-7-14(3)15(9-12)22-17(18-19-20-22)24-11-16(23)21-8-4-5-13(2)10-21/h6-7,9,13H,4-5,8,10-11H2,1-3H3/t13-/m1/s1. The van der Waals surface area contributed by atoms with E-state index in [1.54, 1.807) is 4.68 Å². The highest BCUT2D eigenvalue weighted by Gasteiger charge is 2.22. The van der Waals surface area contributed by atoms with Crippen LogP contribution >= 0.6 is 11.8 Å². The zero-order chi connectivity index (χ0) is 17.1. The van der Waals surface area contributed by atoms with Gasteiger partial charge in [-0.2, -0.15) is 4.68 Å². The highest BCUT2D eigenvalue weighted by Crippen LogP contribution is 2.23. The first kappa shape index (κ1) is 17.0. The number of amides is 1. The Hall–Kier alpha value is -1.89. The van der Waals surface area contributed by atoms with Crippen molar-refractivity contribution in [2.24, 2.45) is 5.92 Å². The van der Waals surface area contributed by atoms with E-state index in [2.05, 4.69) is 40.6 Å². The Kier molecular flexibility index (Phi) is 5.18. The Labute approximate surface area is 146 Å². The van der Waals surface area contributed by atoms with Crippen molar-refractivity contribution in [2.75, 3.05) is 18.8 Å². The lowest BCUT2D eigenvalue weighted by atomic mass is 10.0. The van der Waals surface area contributed by atoms with Crippen LogP contribution in [0.5, 0.6) is 0 Å². The van der Waals surface area contributed by atoms with Gasteiger partial charge in [0.1, 0.15) is 0 Å². The van der Waals surface area contributed by atoms with Crippen LogP contribution in [0.4, 0.5) is 0 Å². The van der Waals surface area contributed by atoms with Crippen molar-refractivity contribution in [2.45, 2.75) is 38.8 Å². The maximum atomic E-state index is 12.4. The molecule has 128 valence electrons. The van der Waals surface area contributed by atoms with E-state index in [1.165, 1.54) is 18.2 Å². The van der Waals surface area contributed by atoms with Gasteiger partial charge in [-0.1, -0.05) is 30.8 Å².